The number of nitrogens with one attached hydrogen (secondary N) is 3. The van der Waals surface area contributed by atoms with Crippen molar-refractivity contribution in [2.75, 3.05) is 16.0 Å². The molecule has 168 valence electrons. The molecule has 2 aromatic carbocycles. The second kappa shape index (κ2) is 9.07. The molecule has 4 rings (SSSR count). The van der Waals surface area contributed by atoms with Crippen molar-refractivity contribution in [1.82, 2.24) is 15.0 Å². The summed E-state index contributed by atoms with van der Waals surface area (Å²) in [5, 5.41) is 8.30. The predicted molar refractivity (Wildman–Crippen MR) is 115 cm³/mol. The highest BCUT2D eigenvalue weighted by molar-refractivity contribution is 5.99. The first-order valence-corrected chi connectivity index (χ1v) is 9.65. The first-order valence-electron chi connectivity index (χ1n) is 9.65. The van der Waals surface area contributed by atoms with Crippen LogP contribution in [0.2, 0.25) is 0 Å². The standard InChI is InChI=1S/C22H16F4N6O/c23-14-7-9-15(10-8-14)29-21(33)32-20-30-18-16(5-3-11-27-18)19(31-20)28-12-13-4-1-2-6-17(13)22(24,25)26/h1-11H,12H2,(H3,27,28,29,30,31,32,33). The third-order valence-electron chi connectivity index (χ3n) is 4.57. The Morgan fingerprint density at radius 3 is 2.42 bits per heavy atom. The number of anilines is 3. The lowest BCUT2D eigenvalue weighted by Gasteiger charge is -2.15. The van der Waals surface area contributed by atoms with E-state index in [1.165, 1.54) is 48.7 Å². The zero-order valence-corrected chi connectivity index (χ0v) is 16.8. The summed E-state index contributed by atoms with van der Waals surface area (Å²) in [5.74, 6) is -0.373. The number of nitrogens with zero attached hydrogens (tertiary/aromatic N) is 3. The quantitative estimate of drug-likeness (QED) is 0.348. The molecule has 0 saturated heterocycles. The van der Waals surface area contributed by atoms with Crippen LogP contribution >= 0.6 is 0 Å². The summed E-state index contributed by atoms with van der Waals surface area (Å²) in [6, 6.07) is 12.9. The molecule has 7 nitrogen and oxygen atoms in total. The topological polar surface area (TPSA) is 91.8 Å². The lowest BCUT2D eigenvalue weighted by atomic mass is 10.1. The first-order chi connectivity index (χ1) is 15.8. The van der Waals surface area contributed by atoms with Crippen molar-refractivity contribution in [3.05, 3.63) is 83.8 Å². The van der Waals surface area contributed by atoms with Crippen LogP contribution in [-0.4, -0.2) is 21.0 Å². The number of hydrogen-bond acceptors (Lipinski definition) is 5. The number of carbonyl (C=O) groups is 1. The van der Waals surface area contributed by atoms with Crippen LogP contribution in [0.25, 0.3) is 11.0 Å². The molecule has 2 aromatic heterocycles. The highest BCUT2D eigenvalue weighted by Crippen LogP contribution is 2.32. The van der Waals surface area contributed by atoms with E-state index in [0.29, 0.717) is 11.1 Å². The van der Waals surface area contributed by atoms with E-state index in [0.717, 1.165) is 6.07 Å². The van der Waals surface area contributed by atoms with Gasteiger partial charge in [0.05, 0.1) is 10.9 Å². The Labute approximate surface area is 184 Å². The van der Waals surface area contributed by atoms with Gasteiger partial charge in [0.15, 0.2) is 5.65 Å². The minimum absolute atomic E-state index is 0.0317. The number of fused-ring (bicyclic) bond motifs is 1. The largest absolute Gasteiger partial charge is 0.416 e. The minimum atomic E-state index is -4.50. The van der Waals surface area contributed by atoms with Gasteiger partial charge in [-0.2, -0.15) is 23.1 Å². The van der Waals surface area contributed by atoms with Crippen molar-refractivity contribution < 1.29 is 22.4 Å². The molecule has 0 radical (unpaired) electrons. The van der Waals surface area contributed by atoms with Gasteiger partial charge < -0.3 is 10.6 Å². The van der Waals surface area contributed by atoms with E-state index >= 15 is 0 Å². The summed E-state index contributed by atoms with van der Waals surface area (Å²) in [5.41, 5.74) is -0.152. The Balaban J connectivity index is 1.57. The molecule has 0 aliphatic heterocycles. The van der Waals surface area contributed by atoms with E-state index in [2.05, 4.69) is 30.9 Å². The smallest absolute Gasteiger partial charge is 0.365 e. The summed E-state index contributed by atoms with van der Waals surface area (Å²) < 4.78 is 52.9. The predicted octanol–water partition coefficient (Wildman–Crippen LogP) is 5.44. The van der Waals surface area contributed by atoms with Gasteiger partial charge in [-0.15, -0.1) is 0 Å². The van der Waals surface area contributed by atoms with Gasteiger partial charge in [-0.05, 0) is 48.0 Å². The van der Waals surface area contributed by atoms with E-state index in [4.69, 9.17) is 0 Å². The summed E-state index contributed by atoms with van der Waals surface area (Å²) >= 11 is 0. The van der Waals surface area contributed by atoms with Gasteiger partial charge in [0.25, 0.3) is 0 Å². The lowest BCUT2D eigenvalue weighted by molar-refractivity contribution is -0.138. The van der Waals surface area contributed by atoms with Crippen LogP contribution in [-0.2, 0) is 12.7 Å². The molecule has 0 spiro atoms. The molecular formula is C22H16F4N6O. The van der Waals surface area contributed by atoms with E-state index in [1.807, 2.05) is 0 Å². The normalized spacial score (nSPS) is 11.3. The van der Waals surface area contributed by atoms with Gasteiger partial charge in [-0.25, -0.2) is 14.2 Å². The van der Waals surface area contributed by atoms with Crippen LogP contribution in [0.4, 0.5) is 39.8 Å². The summed E-state index contributed by atoms with van der Waals surface area (Å²) in [6.45, 7) is -0.169. The van der Waals surface area contributed by atoms with E-state index in [-0.39, 0.29) is 29.5 Å². The van der Waals surface area contributed by atoms with Gasteiger partial charge in [-0.3, -0.25) is 5.32 Å². The third kappa shape index (κ3) is 5.32. The van der Waals surface area contributed by atoms with Crippen LogP contribution in [0, 0.1) is 5.82 Å². The molecule has 0 fully saturated rings. The number of hydrogen-bond donors (Lipinski definition) is 3. The number of amides is 2. The Bertz CT molecular complexity index is 1290. The van der Waals surface area contributed by atoms with Crippen LogP contribution < -0.4 is 16.0 Å². The molecule has 11 heteroatoms. The van der Waals surface area contributed by atoms with Gasteiger partial charge >= 0.3 is 12.2 Å². The molecular weight excluding hydrogens is 440 g/mol. The molecule has 2 amide bonds. The van der Waals surface area contributed by atoms with Crippen LogP contribution in [0.1, 0.15) is 11.1 Å². The van der Waals surface area contributed by atoms with Crippen molar-refractivity contribution in [3.63, 3.8) is 0 Å². The van der Waals surface area contributed by atoms with E-state index in [9.17, 15) is 22.4 Å². The molecule has 0 saturated carbocycles. The number of halogens is 4. The van der Waals surface area contributed by atoms with Gasteiger partial charge in [-0.1, -0.05) is 18.2 Å². The fraction of sp³-hybridized carbons (Fsp3) is 0.0909. The number of pyridine rings is 1. The number of benzene rings is 2. The molecule has 3 N–H and O–H groups in total. The number of urea groups is 1. The number of rotatable bonds is 5. The average molecular weight is 456 g/mol. The molecule has 0 bridgehead atoms. The zero-order valence-electron chi connectivity index (χ0n) is 16.8. The van der Waals surface area contributed by atoms with Gasteiger partial charge in [0.2, 0.25) is 5.95 Å². The molecule has 33 heavy (non-hydrogen) atoms. The van der Waals surface area contributed by atoms with Crippen molar-refractivity contribution in [2.45, 2.75) is 12.7 Å². The fourth-order valence-electron chi connectivity index (χ4n) is 3.08. The summed E-state index contributed by atoms with van der Waals surface area (Å²) in [4.78, 5) is 24.8. The zero-order chi connectivity index (χ0) is 23.4. The maximum atomic E-state index is 13.3. The Hall–Kier alpha value is -4.28. The molecule has 4 aromatic rings. The second-order valence-electron chi connectivity index (χ2n) is 6.86. The van der Waals surface area contributed by atoms with Crippen molar-refractivity contribution in [1.29, 1.82) is 0 Å². The highest BCUT2D eigenvalue weighted by Gasteiger charge is 2.32. The number of aromatic nitrogens is 3. The summed E-state index contributed by atoms with van der Waals surface area (Å²) in [6.07, 6.45) is -3.01. The average Bonchev–Trinajstić information content (AvgIpc) is 2.78. The molecule has 0 aliphatic carbocycles. The Morgan fingerprint density at radius 2 is 1.67 bits per heavy atom. The first kappa shape index (κ1) is 21.9. The number of carbonyl (C=O) groups excluding carboxylic acids is 1. The Kier molecular flexibility index (Phi) is 6.03. The van der Waals surface area contributed by atoms with Crippen LogP contribution in [0.5, 0.6) is 0 Å². The SMILES string of the molecule is O=C(Nc1ccc(F)cc1)Nc1nc(NCc2ccccc2C(F)(F)F)c2cccnc2n1. The molecule has 0 aliphatic rings. The minimum Gasteiger partial charge on any atom is -0.365 e. The third-order valence-corrected chi connectivity index (χ3v) is 4.57. The van der Waals surface area contributed by atoms with Gasteiger partial charge in [0, 0.05) is 18.4 Å². The van der Waals surface area contributed by atoms with Crippen molar-refractivity contribution in [3.8, 4) is 0 Å². The second-order valence-corrected chi connectivity index (χ2v) is 6.86. The lowest BCUT2D eigenvalue weighted by Crippen LogP contribution is -2.21. The van der Waals surface area contributed by atoms with E-state index < -0.39 is 23.6 Å². The van der Waals surface area contributed by atoms with Crippen molar-refractivity contribution in [2.24, 2.45) is 0 Å². The van der Waals surface area contributed by atoms with Crippen molar-refractivity contribution >= 4 is 34.5 Å². The monoisotopic (exact) mass is 456 g/mol. The molecule has 0 unspecified atom stereocenters. The van der Waals surface area contributed by atoms with E-state index in [1.54, 1.807) is 12.1 Å². The molecule has 2 heterocycles. The maximum Gasteiger partial charge on any atom is 0.416 e. The Morgan fingerprint density at radius 1 is 0.909 bits per heavy atom. The van der Waals surface area contributed by atoms with Crippen LogP contribution in [0.3, 0.4) is 0 Å². The summed E-state index contributed by atoms with van der Waals surface area (Å²) in [7, 11) is 0. The maximum absolute atomic E-state index is 13.3. The van der Waals surface area contributed by atoms with Crippen LogP contribution in [0.15, 0.2) is 66.9 Å². The van der Waals surface area contributed by atoms with Gasteiger partial charge in [0.1, 0.15) is 11.6 Å². The number of alkyl halides is 3. The molecule has 0 atom stereocenters. The highest BCUT2D eigenvalue weighted by atomic mass is 19.4. The fourth-order valence-corrected chi connectivity index (χ4v) is 3.08.